The average molecular weight is 318 g/mol. The molecule has 2 nitrogen and oxygen atoms in total. The molecule has 0 bridgehead atoms. The molecule has 2 heteroatoms. The number of ether oxygens (including phenoxy) is 1. The Morgan fingerprint density at radius 3 is 1.70 bits per heavy atom. The number of hydrogen-bond acceptors (Lipinski definition) is 2. The molecular weight excluding hydrogens is 282 g/mol. The molecule has 0 heterocycles. The van der Waals surface area contributed by atoms with Crippen LogP contribution in [0.3, 0.4) is 0 Å². The molecule has 0 aliphatic rings. The van der Waals surface area contributed by atoms with Crippen molar-refractivity contribution in [3.05, 3.63) is 71.8 Å². The Morgan fingerprint density at radius 1 is 0.870 bits per heavy atom. The molecule has 1 unspecified atom stereocenters. The molecule has 1 atom stereocenters. The van der Waals surface area contributed by atoms with Crippen LogP contribution in [0.5, 0.6) is 0 Å². The van der Waals surface area contributed by atoms with Gasteiger partial charge >= 0.3 is 0 Å². The monoisotopic (exact) mass is 317 g/mol. The van der Waals surface area contributed by atoms with Crippen LogP contribution in [-0.4, -0.2) is 13.7 Å². The topological polar surface area (TPSA) is 35.2 Å². The summed E-state index contributed by atoms with van der Waals surface area (Å²) < 4.78 is 5.35. The minimum absolute atomic E-state index is 0.143. The lowest BCUT2D eigenvalue weighted by atomic mass is 10.0. The van der Waals surface area contributed by atoms with E-state index in [1.165, 1.54) is 11.1 Å². The van der Waals surface area contributed by atoms with E-state index in [0.29, 0.717) is 6.54 Å². The standard InChI is InChI=1S/C11H17NO.C6H6.2C2H6/c1-9-4-3-5-10(8-9)11(13-2)6-7-12;1-2-4-6-5-3-1;2*1-2/h3-5,8,11H,6-7,12H2,1-2H3;1-6H;2*1-2H3. The summed E-state index contributed by atoms with van der Waals surface area (Å²) in [7, 11) is 1.72. The van der Waals surface area contributed by atoms with Gasteiger partial charge in [0.25, 0.3) is 0 Å². The zero-order valence-electron chi connectivity index (χ0n) is 15.8. The molecule has 2 aromatic rings. The summed E-state index contributed by atoms with van der Waals surface area (Å²) in [5.41, 5.74) is 7.98. The number of rotatable bonds is 4. The van der Waals surface area contributed by atoms with E-state index in [9.17, 15) is 0 Å². The van der Waals surface area contributed by atoms with Gasteiger partial charge in [-0.25, -0.2) is 0 Å². The van der Waals surface area contributed by atoms with Crippen molar-refractivity contribution in [2.75, 3.05) is 13.7 Å². The van der Waals surface area contributed by atoms with Crippen molar-refractivity contribution in [1.29, 1.82) is 0 Å². The van der Waals surface area contributed by atoms with Crippen molar-refractivity contribution in [1.82, 2.24) is 0 Å². The predicted molar refractivity (Wildman–Crippen MR) is 104 cm³/mol. The van der Waals surface area contributed by atoms with E-state index in [-0.39, 0.29) is 6.10 Å². The van der Waals surface area contributed by atoms with Gasteiger partial charge in [0.1, 0.15) is 0 Å². The normalized spacial score (nSPS) is 9.87. The first-order valence-electron chi connectivity index (χ1n) is 8.57. The molecule has 23 heavy (non-hydrogen) atoms. The number of methoxy groups -OCH3 is 1. The minimum atomic E-state index is 0.143. The number of benzene rings is 2. The molecule has 0 amide bonds. The van der Waals surface area contributed by atoms with E-state index >= 15 is 0 Å². The van der Waals surface area contributed by atoms with E-state index < -0.39 is 0 Å². The second kappa shape index (κ2) is 18.4. The second-order valence-corrected chi connectivity index (χ2v) is 4.37. The first-order valence-corrected chi connectivity index (χ1v) is 8.57. The summed E-state index contributed by atoms with van der Waals surface area (Å²) in [6.45, 7) is 10.7. The molecule has 0 fully saturated rings. The van der Waals surface area contributed by atoms with Gasteiger partial charge in [0.2, 0.25) is 0 Å². The fourth-order valence-electron chi connectivity index (χ4n) is 1.83. The van der Waals surface area contributed by atoms with Crippen molar-refractivity contribution in [3.63, 3.8) is 0 Å². The maximum atomic E-state index is 5.50. The van der Waals surface area contributed by atoms with Crippen LogP contribution in [0.25, 0.3) is 0 Å². The average Bonchev–Trinajstić information content (AvgIpc) is 2.65. The zero-order valence-corrected chi connectivity index (χ0v) is 15.8. The van der Waals surface area contributed by atoms with E-state index in [2.05, 4.69) is 25.1 Å². The van der Waals surface area contributed by atoms with E-state index in [4.69, 9.17) is 10.5 Å². The Morgan fingerprint density at radius 2 is 1.35 bits per heavy atom. The van der Waals surface area contributed by atoms with Crippen LogP contribution < -0.4 is 5.73 Å². The Bertz CT molecular complexity index is 416. The highest BCUT2D eigenvalue weighted by Crippen LogP contribution is 2.20. The smallest absolute Gasteiger partial charge is 0.0833 e. The van der Waals surface area contributed by atoms with Gasteiger partial charge < -0.3 is 10.5 Å². The van der Waals surface area contributed by atoms with Gasteiger partial charge in [-0.3, -0.25) is 0 Å². The highest BCUT2D eigenvalue weighted by Gasteiger charge is 2.08. The predicted octanol–water partition coefficient (Wildman–Crippen LogP) is 5.77. The van der Waals surface area contributed by atoms with Crippen LogP contribution in [-0.2, 0) is 4.74 Å². The zero-order chi connectivity index (χ0) is 17.9. The fourth-order valence-corrected chi connectivity index (χ4v) is 1.83. The van der Waals surface area contributed by atoms with Crippen LogP contribution in [0.15, 0.2) is 60.7 Å². The lowest BCUT2D eigenvalue weighted by Gasteiger charge is -2.14. The maximum Gasteiger partial charge on any atom is 0.0833 e. The third kappa shape index (κ3) is 12.6. The van der Waals surface area contributed by atoms with Crippen molar-refractivity contribution < 1.29 is 4.74 Å². The highest BCUT2D eigenvalue weighted by atomic mass is 16.5. The largest absolute Gasteiger partial charge is 0.377 e. The Hall–Kier alpha value is -1.64. The summed E-state index contributed by atoms with van der Waals surface area (Å²) in [5.74, 6) is 0. The van der Waals surface area contributed by atoms with Crippen molar-refractivity contribution in [2.45, 2.75) is 47.1 Å². The SMILES string of the molecule is CC.CC.COC(CCN)c1cccc(C)c1.c1ccccc1. The molecule has 0 saturated carbocycles. The number of hydrogen-bond donors (Lipinski definition) is 1. The number of aryl methyl sites for hydroxylation is 1. The molecule has 2 aromatic carbocycles. The third-order valence-corrected chi connectivity index (χ3v) is 2.79. The van der Waals surface area contributed by atoms with Crippen LogP contribution in [0, 0.1) is 6.92 Å². The molecule has 0 aliphatic carbocycles. The lowest BCUT2D eigenvalue weighted by Crippen LogP contribution is -2.09. The molecule has 0 radical (unpaired) electrons. The summed E-state index contributed by atoms with van der Waals surface area (Å²) in [6, 6.07) is 20.4. The van der Waals surface area contributed by atoms with Gasteiger partial charge in [0.15, 0.2) is 0 Å². The molecular formula is C21H35NO. The maximum absolute atomic E-state index is 5.50. The molecule has 2 rings (SSSR count). The second-order valence-electron chi connectivity index (χ2n) is 4.37. The molecule has 0 saturated heterocycles. The van der Waals surface area contributed by atoms with Gasteiger partial charge in [-0.2, -0.15) is 0 Å². The van der Waals surface area contributed by atoms with Gasteiger partial charge in [0, 0.05) is 7.11 Å². The summed E-state index contributed by atoms with van der Waals surface area (Å²) >= 11 is 0. The molecule has 130 valence electrons. The Kier molecular flexibility index (Phi) is 18.9. The Labute approximate surface area is 143 Å². The summed E-state index contributed by atoms with van der Waals surface area (Å²) in [5, 5.41) is 0. The van der Waals surface area contributed by atoms with Crippen LogP contribution >= 0.6 is 0 Å². The summed E-state index contributed by atoms with van der Waals surface area (Å²) in [6.07, 6.45) is 1.02. The summed E-state index contributed by atoms with van der Waals surface area (Å²) in [4.78, 5) is 0. The fraction of sp³-hybridized carbons (Fsp3) is 0.429. The third-order valence-electron chi connectivity index (χ3n) is 2.79. The van der Waals surface area contributed by atoms with E-state index in [0.717, 1.165) is 6.42 Å². The molecule has 2 N–H and O–H groups in total. The van der Waals surface area contributed by atoms with E-state index in [1.54, 1.807) is 7.11 Å². The van der Waals surface area contributed by atoms with Gasteiger partial charge in [-0.15, -0.1) is 0 Å². The molecule has 0 aromatic heterocycles. The highest BCUT2D eigenvalue weighted by molar-refractivity contribution is 5.24. The lowest BCUT2D eigenvalue weighted by molar-refractivity contribution is 0.0977. The quantitative estimate of drug-likeness (QED) is 0.777. The first kappa shape index (κ1) is 23.6. The first-order chi connectivity index (χ1) is 11.3. The van der Waals surface area contributed by atoms with Crippen LogP contribution in [0.4, 0.5) is 0 Å². The van der Waals surface area contributed by atoms with Crippen LogP contribution in [0.2, 0.25) is 0 Å². The van der Waals surface area contributed by atoms with Crippen molar-refractivity contribution >= 4 is 0 Å². The Balaban J connectivity index is 0. The van der Waals surface area contributed by atoms with Gasteiger partial charge in [-0.1, -0.05) is 93.9 Å². The molecule has 0 spiro atoms. The van der Waals surface area contributed by atoms with Gasteiger partial charge in [-0.05, 0) is 25.5 Å². The van der Waals surface area contributed by atoms with Gasteiger partial charge in [0.05, 0.1) is 6.10 Å². The van der Waals surface area contributed by atoms with Crippen LogP contribution in [0.1, 0.15) is 51.3 Å². The van der Waals surface area contributed by atoms with E-state index in [1.807, 2.05) is 70.2 Å². The van der Waals surface area contributed by atoms with Crippen molar-refractivity contribution in [3.8, 4) is 0 Å². The molecule has 0 aliphatic heterocycles. The van der Waals surface area contributed by atoms with Crippen molar-refractivity contribution in [2.24, 2.45) is 5.73 Å². The number of nitrogens with two attached hydrogens (primary N) is 1. The minimum Gasteiger partial charge on any atom is -0.377 e.